The first-order valence-electron chi connectivity index (χ1n) is 11.5. The average Bonchev–Trinajstić information content (AvgIpc) is 3.60. The monoisotopic (exact) mass is 471 g/mol. The zero-order valence-corrected chi connectivity index (χ0v) is 19.2. The molecule has 0 spiro atoms. The molecule has 0 radical (unpaired) electrons. The maximum absolute atomic E-state index is 11.7. The molecule has 0 bridgehead atoms. The van der Waals surface area contributed by atoms with Crippen molar-refractivity contribution in [3.63, 3.8) is 0 Å². The average molecular weight is 472 g/mol. The third-order valence-electron chi connectivity index (χ3n) is 6.54. The third kappa shape index (κ3) is 3.29. The summed E-state index contributed by atoms with van der Waals surface area (Å²) in [5, 5.41) is 24.5. The van der Waals surface area contributed by atoms with E-state index in [0.717, 1.165) is 27.8 Å². The molecule has 2 heterocycles. The van der Waals surface area contributed by atoms with Gasteiger partial charge in [-0.1, -0.05) is 91.0 Å². The lowest BCUT2D eigenvalue weighted by Crippen LogP contribution is -2.38. The third-order valence-corrected chi connectivity index (χ3v) is 6.54. The molecule has 0 aliphatic heterocycles. The summed E-state index contributed by atoms with van der Waals surface area (Å²) in [4.78, 5) is 11.3. The number of non-ortho nitro benzene ring substituents is 1. The topological polar surface area (TPSA) is 89.6 Å². The van der Waals surface area contributed by atoms with Crippen LogP contribution in [0.15, 0.2) is 122 Å². The molecule has 0 aliphatic rings. The Morgan fingerprint density at radius 2 is 1.33 bits per heavy atom. The molecule has 1 N–H and O–H groups in total. The number of aromatic amines is 1. The number of nitro groups is 1. The quantitative estimate of drug-likeness (QED) is 0.179. The van der Waals surface area contributed by atoms with Gasteiger partial charge in [-0.05, 0) is 22.8 Å². The SMILES string of the molecule is O=[N+]([O-])c1ccc2c(c1)c(-c1cn[nH]c1)nn2C(c1ccccc1)(c1ccccc1)c1ccccc1. The van der Waals surface area contributed by atoms with Crippen LogP contribution < -0.4 is 0 Å². The number of H-pyrrole nitrogens is 1. The maximum atomic E-state index is 11.7. The number of hydrogen-bond acceptors (Lipinski definition) is 4. The molecule has 7 nitrogen and oxygen atoms in total. The number of nitrogens with one attached hydrogen (secondary N) is 1. The van der Waals surface area contributed by atoms with Crippen LogP contribution in [0.5, 0.6) is 0 Å². The number of aromatic nitrogens is 4. The van der Waals surface area contributed by atoms with E-state index in [9.17, 15) is 10.1 Å². The minimum Gasteiger partial charge on any atom is -0.285 e. The van der Waals surface area contributed by atoms with Gasteiger partial charge in [0.25, 0.3) is 5.69 Å². The van der Waals surface area contributed by atoms with Gasteiger partial charge in [-0.3, -0.25) is 15.2 Å². The first kappa shape index (κ1) is 21.5. The Hall–Kier alpha value is -5.04. The molecule has 0 unspecified atom stereocenters. The molecule has 0 amide bonds. The normalized spacial score (nSPS) is 11.6. The largest absolute Gasteiger partial charge is 0.285 e. The maximum Gasteiger partial charge on any atom is 0.270 e. The van der Waals surface area contributed by atoms with Gasteiger partial charge in [-0.2, -0.15) is 10.2 Å². The lowest BCUT2D eigenvalue weighted by atomic mass is 9.77. The first-order valence-corrected chi connectivity index (χ1v) is 11.5. The molecular weight excluding hydrogens is 450 g/mol. The minimum absolute atomic E-state index is 0.0107. The smallest absolute Gasteiger partial charge is 0.270 e. The Balaban J connectivity index is 1.80. The van der Waals surface area contributed by atoms with E-state index in [1.165, 1.54) is 6.07 Å². The standard InChI is InChI=1S/C29H21N5O2/c35-34(36)25-16-17-27-26(18-25)28(21-19-30-31-20-21)32-33(27)29(22-10-4-1-5-11-22,23-12-6-2-7-13-23)24-14-8-3-9-15-24/h1-20H,(H,30,31). The van der Waals surface area contributed by atoms with Gasteiger partial charge >= 0.3 is 0 Å². The fourth-order valence-corrected chi connectivity index (χ4v) is 4.97. The summed E-state index contributed by atoms with van der Waals surface area (Å²) in [6, 6.07) is 35.6. The number of nitro benzene ring substituents is 1. The van der Waals surface area contributed by atoms with Crippen molar-refractivity contribution < 1.29 is 4.92 Å². The van der Waals surface area contributed by atoms with Crippen molar-refractivity contribution in [3.8, 4) is 11.3 Å². The molecule has 6 aromatic rings. The van der Waals surface area contributed by atoms with Crippen molar-refractivity contribution >= 4 is 16.6 Å². The number of benzene rings is 4. The minimum atomic E-state index is -0.847. The Labute approximate surface area is 206 Å². The zero-order chi connectivity index (χ0) is 24.5. The Morgan fingerprint density at radius 3 is 1.81 bits per heavy atom. The van der Waals surface area contributed by atoms with Gasteiger partial charge in [0, 0.05) is 29.3 Å². The van der Waals surface area contributed by atoms with Crippen molar-refractivity contribution in [2.75, 3.05) is 0 Å². The van der Waals surface area contributed by atoms with Crippen molar-refractivity contribution in [1.82, 2.24) is 20.0 Å². The highest BCUT2D eigenvalue weighted by Gasteiger charge is 2.41. The van der Waals surface area contributed by atoms with E-state index < -0.39 is 5.54 Å². The van der Waals surface area contributed by atoms with Gasteiger partial charge in [-0.25, -0.2) is 4.68 Å². The molecular formula is C29H21N5O2. The van der Waals surface area contributed by atoms with E-state index in [4.69, 9.17) is 5.10 Å². The van der Waals surface area contributed by atoms with E-state index in [2.05, 4.69) is 46.6 Å². The number of nitrogens with zero attached hydrogens (tertiary/aromatic N) is 4. The van der Waals surface area contributed by atoms with Gasteiger partial charge in [0.2, 0.25) is 0 Å². The molecule has 0 fully saturated rings. The van der Waals surface area contributed by atoms with E-state index in [1.807, 2.05) is 59.3 Å². The summed E-state index contributed by atoms with van der Waals surface area (Å²) in [5.74, 6) is 0. The summed E-state index contributed by atoms with van der Waals surface area (Å²) >= 11 is 0. The number of hydrogen-bond donors (Lipinski definition) is 1. The Kier molecular flexibility index (Phi) is 5.15. The van der Waals surface area contributed by atoms with Crippen LogP contribution in [-0.4, -0.2) is 24.9 Å². The van der Waals surface area contributed by atoms with Gasteiger partial charge in [-0.15, -0.1) is 0 Å². The number of fused-ring (bicyclic) bond motifs is 1. The van der Waals surface area contributed by atoms with E-state index in [-0.39, 0.29) is 10.6 Å². The number of rotatable bonds is 6. The van der Waals surface area contributed by atoms with Gasteiger partial charge in [0.05, 0.1) is 16.6 Å². The second-order valence-electron chi connectivity index (χ2n) is 8.51. The Bertz CT molecular complexity index is 1550. The summed E-state index contributed by atoms with van der Waals surface area (Å²) in [6.45, 7) is 0. The molecule has 36 heavy (non-hydrogen) atoms. The second kappa shape index (κ2) is 8.63. The first-order chi connectivity index (χ1) is 17.7. The lowest BCUT2D eigenvalue weighted by molar-refractivity contribution is -0.384. The van der Waals surface area contributed by atoms with E-state index in [0.29, 0.717) is 11.1 Å². The zero-order valence-electron chi connectivity index (χ0n) is 19.2. The molecule has 2 aromatic heterocycles. The van der Waals surface area contributed by atoms with Crippen LogP contribution in [0.3, 0.4) is 0 Å². The lowest BCUT2D eigenvalue weighted by Gasteiger charge is -2.37. The van der Waals surface area contributed by atoms with Crippen molar-refractivity contribution in [1.29, 1.82) is 0 Å². The Morgan fingerprint density at radius 1 is 0.778 bits per heavy atom. The van der Waals surface area contributed by atoms with Crippen molar-refractivity contribution in [3.05, 3.63) is 148 Å². The molecule has 7 heteroatoms. The summed E-state index contributed by atoms with van der Waals surface area (Å²) < 4.78 is 1.99. The summed E-state index contributed by atoms with van der Waals surface area (Å²) in [6.07, 6.45) is 3.43. The molecule has 0 atom stereocenters. The van der Waals surface area contributed by atoms with Crippen LogP contribution in [0.4, 0.5) is 5.69 Å². The van der Waals surface area contributed by atoms with Crippen LogP contribution in [0.1, 0.15) is 16.7 Å². The molecule has 4 aromatic carbocycles. The highest BCUT2D eigenvalue weighted by Crippen LogP contribution is 2.44. The van der Waals surface area contributed by atoms with Gasteiger partial charge < -0.3 is 0 Å². The highest BCUT2D eigenvalue weighted by molar-refractivity contribution is 5.95. The van der Waals surface area contributed by atoms with Crippen LogP contribution in [0.25, 0.3) is 22.2 Å². The van der Waals surface area contributed by atoms with Gasteiger partial charge in [0.1, 0.15) is 11.2 Å². The molecule has 174 valence electrons. The highest BCUT2D eigenvalue weighted by atomic mass is 16.6. The second-order valence-corrected chi connectivity index (χ2v) is 8.51. The van der Waals surface area contributed by atoms with Crippen LogP contribution in [0, 0.1) is 10.1 Å². The van der Waals surface area contributed by atoms with Crippen LogP contribution >= 0.6 is 0 Å². The fourth-order valence-electron chi connectivity index (χ4n) is 4.97. The van der Waals surface area contributed by atoms with E-state index in [1.54, 1.807) is 24.5 Å². The predicted molar refractivity (Wildman–Crippen MR) is 139 cm³/mol. The van der Waals surface area contributed by atoms with Gasteiger partial charge in [0.15, 0.2) is 0 Å². The van der Waals surface area contributed by atoms with Crippen molar-refractivity contribution in [2.24, 2.45) is 0 Å². The summed E-state index contributed by atoms with van der Waals surface area (Å²) in [7, 11) is 0. The van der Waals surface area contributed by atoms with Crippen molar-refractivity contribution in [2.45, 2.75) is 5.54 Å². The van der Waals surface area contributed by atoms with Crippen LogP contribution in [0.2, 0.25) is 0 Å². The van der Waals surface area contributed by atoms with Crippen LogP contribution in [-0.2, 0) is 5.54 Å². The summed E-state index contributed by atoms with van der Waals surface area (Å²) in [5.41, 5.74) is 4.36. The molecule has 0 aliphatic carbocycles. The molecule has 0 saturated heterocycles. The predicted octanol–water partition coefficient (Wildman–Crippen LogP) is 6.17. The fraction of sp³-hybridized carbons (Fsp3) is 0.0345. The molecule has 6 rings (SSSR count). The van der Waals surface area contributed by atoms with E-state index >= 15 is 0 Å². The molecule has 0 saturated carbocycles.